The Morgan fingerprint density at radius 3 is 3.13 bits per heavy atom. The maximum Gasteiger partial charge on any atom is 0.356 e. The summed E-state index contributed by atoms with van der Waals surface area (Å²) >= 11 is 0. The lowest BCUT2D eigenvalue weighted by molar-refractivity contribution is 0.0593. The summed E-state index contributed by atoms with van der Waals surface area (Å²) < 4.78 is 6.13. The van der Waals surface area contributed by atoms with Crippen LogP contribution < -0.4 is 0 Å². The topological polar surface area (TPSA) is 67.4 Å². The Morgan fingerprint density at radius 2 is 2.47 bits per heavy atom. The van der Waals surface area contributed by atoms with Crippen LogP contribution in [0.4, 0.5) is 0 Å². The number of esters is 1. The van der Waals surface area contributed by atoms with Crippen LogP contribution in [-0.2, 0) is 4.74 Å². The lowest BCUT2D eigenvalue weighted by atomic mass is 10.3. The monoisotopic (exact) mass is 201 g/mol. The molecule has 0 unspecified atom stereocenters. The molecule has 0 atom stereocenters. The molecule has 0 saturated heterocycles. The van der Waals surface area contributed by atoms with Crippen molar-refractivity contribution in [1.82, 2.24) is 9.38 Å². The van der Waals surface area contributed by atoms with Crippen LogP contribution in [0.3, 0.4) is 0 Å². The minimum atomic E-state index is -0.474. The van der Waals surface area contributed by atoms with Crippen molar-refractivity contribution < 1.29 is 9.53 Å². The Labute approximate surface area is 85.5 Å². The molecule has 2 aromatic heterocycles. The van der Waals surface area contributed by atoms with E-state index in [0.717, 1.165) is 0 Å². The summed E-state index contributed by atoms with van der Waals surface area (Å²) in [5.41, 5.74) is 1.19. The molecule has 0 aromatic carbocycles. The summed E-state index contributed by atoms with van der Waals surface area (Å²) in [6, 6.07) is 5.33. The van der Waals surface area contributed by atoms with Crippen molar-refractivity contribution in [2.24, 2.45) is 0 Å². The van der Waals surface area contributed by atoms with Crippen molar-refractivity contribution in [2.45, 2.75) is 0 Å². The largest absolute Gasteiger partial charge is 0.464 e. The van der Waals surface area contributed by atoms with Gasteiger partial charge in [-0.3, -0.25) is 4.40 Å². The SMILES string of the molecule is COC(=O)c1cnc2c(C#N)cccn12. The predicted octanol–water partition coefficient (Wildman–Crippen LogP) is 0.993. The van der Waals surface area contributed by atoms with Crippen LogP contribution in [0.5, 0.6) is 0 Å². The molecule has 0 saturated carbocycles. The lowest BCUT2D eigenvalue weighted by Gasteiger charge is -1.99. The van der Waals surface area contributed by atoms with Crippen molar-refractivity contribution in [3.05, 3.63) is 35.8 Å². The first kappa shape index (κ1) is 9.21. The first-order chi connectivity index (χ1) is 7.27. The molecule has 2 heterocycles. The number of carbonyl (C=O) groups is 1. The van der Waals surface area contributed by atoms with Gasteiger partial charge in [0.25, 0.3) is 0 Å². The average Bonchev–Trinajstić information content (AvgIpc) is 2.71. The van der Waals surface area contributed by atoms with Crippen LogP contribution in [0.1, 0.15) is 16.1 Å². The number of hydrogen-bond acceptors (Lipinski definition) is 4. The van der Waals surface area contributed by atoms with Gasteiger partial charge in [-0.2, -0.15) is 5.26 Å². The van der Waals surface area contributed by atoms with Gasteiger partial charge < -0.3 is 4.74 Å². The number of nitriles is 1. The molecule has 0 spiro atoms. The zero-order valence-electron chi connectivity index (χ0n) is 7.97. The quantitative estimate of drug-likeness (QED) is 0.645. The van der Waals surface area contributed by atoms with Gasteiger partial charge >= 0.3 is 5.97 Å². The molecule has 15 heavy (non-hydrogen) atoms. The first-order valence-electron chi connectivity index (χ1n) is 4.22. The van der Waals surface area contributed by atoms with Gasteiger partial charge in [0.15, 0.2) is 11.3 Å². The summed E-state index contributed by atoms with van der Waals surface area (Å²) in [5.74, 6) is -0.474. The second kappa shape index (κ2) is 3.42. The molecule has 5 heteroatoms. The van der Waals surface area contributed by atoms with Crippen molar-refractivity contribution in [3.8, 4) is 6.07 Å². The fraction of sp³-hybridized carbons (Fsp3) is 0.100. The molecule has 2 rings (SSSR count). The van der Waals surface area contributed by atoms with E-state index in [1.165, 1.54) is 17.7 Å². The lowest BCUT2D eigenvalue weighted by Crippen LogP contribution is -2.05. The third-order valence-electron chi connectivity index (χ3n) is 2.05. The number of carbonyl (C=O) groups excluding carboxylic acids is 1. The van der Waals surface area contributed by atoms with Gasteiger partial charge in [0, 0.05) is 6.20 Å². The molecule has 0 N–H and O–H groups in total. The summed E-state index contributed by atoms with van der Waals surface area (Å²) in [4.78, 5) is 15.3. The molecule has 0 aliphatic carbocycles. The molecule has 5 nitrogen and oxygen atoms in total. The molecule has 0 amide bonds. The van der Waals surface area contributed by atoms with E-state index in [2.05, 4.69) is 9.72 Å². The van der Waals surface area contributed by atoms with Crippen LogP contribution in [0.2, 0.25) is 0 Å². The highest BCUT2D eigenvalue weighted by Gasteiger charge is 2.13. The van der Waals surface area contributed by atoms with Gasteiger partial charge in [0.1, 0.15) is 6.07 Å². The van der Waals surface area contributed by atoms with Crippen LogP contribution in [0.15, 0.2) is 24.5 Å². The Kier molecular flexibility index (Phi) is 2.10. The fourth-order valence-electron chi connectivity index (χ4n) is 1.35. The van der Waals surface area contributed by atoms with E-state index in [9.17, 15) is 4.79 Å². The van der Waals surface area contributed by atoms with Crippen molar-refractivity contribution >= 4 is 11.6 Å². The van der Waals surface area contributed by atoms with E-state index in [0.29, 0.717) is 16.9 Å². The zero-order valence-corrected chi connectivity index (χ0v) is 7.97. The molecule has 0 aliphatic heterocycles. The van der Waals surface area contributed by atoms with E-state index in [-0.39, 0.29) is 0 Å². The zero-order chi connectivity index (χ0) is 10.8. The number of aromatic nitrogens is 2. The smallest absolute Gasteiger partial charge is 0.356 e. The summed E-state index contributed by atoms with van der Waals surface area (Å²) in [6.07, 6.45) is 3.05. The minimum Gasteiger partial charge on any atom is -0.464 e. The molecule has 0 fully saturated rings. The average molecular weight is 201 g/mol. The maximum atomic E-state index is 11.3. The number of rotatable bonds is 1. The number of nitrogens with zero attached hydrogens (tertiary/aromatic N) is 3. The van der Waals surface area contributed by atoms with E-state index in [1.807, 2.05) is 6.07 Å². The van der Waals surface area contributed by atoms with Gasteiger partial charge in [-0.05, 0) is 12.1 Å². The third-order valence-corrected chi connectivity index (χ3v) is 2.05. The van der Waals surface area contributed by atoms with E-state index < -0.39 is 5.97 Å². The highest BCUT2D eigenvalue weighted by molar-refractivity contribution is 5.88. The maximum absolute atomic E-state index is 11.3. The third kappa shape index (κ3) is 1.32. The Hall–Kier alpha value is -2.35. The van der Waals surface area contributed by atoms with Crippen molar-refractivity contribution in [3.63, 3.8) is 0 Å². The Morgan fingerprint density at radius 1 is 1.67 bits per heavy atom. The molecule has 0 bridgehead atoms. The van der Waals surface area contributed by atoms with Gasteiger partial charge in [0.2, 0.25) is 0 Å². The molecular formula is C10H7N3O2. The Bertz CT molecular complexity index is 566. The van der Waals surface area contributed by atoms with E-state index in [4.69, 9.17) is 5.26 Å². The summed E-state index contributed by atoms with van der Waals surface area (Å²) in [6.45, 7) is 0. The first-order valence-corrected chi connectivity index (χ1v) is 4.22. The van der Waals surface area contributed by atoms with E-state index >= 15 is 0 Å². The summed E-state index contributed by atoms with van der Waals surface area (Å²) in [7, 11) is 1.30. The fourth-order valence-corrected chi connectivity index (χ4v) is 1.35. The van der Waals surface area contributed by atoms with Crippen LogP contribution in [-0.4, -0.2) is 22.5 Å². The number of ether oxygens (including phenoxy) is 1. The summed E-state index contributed by atoms with van der Waals surface area (Å²) in [5, 5.41) is 8.82. The number of pyridine rings is 1. The van der Waals surface area contributed by atoms with Gasteiger partial charge in [-0.25, -0.2) is 9.78 Å². The molecule has 0 aliphatic rings. The van der Waals surface area contributed by atoms with Gasteiger partial charge in [-0.15, -0.1) is 0 Å². The second-order valence-electron chi connectivity index (χ2n) is 2.86. The number of fused-ring (bicyclic) bond motifs is 1. The van der Waals surface area contributed by atoms with Crippen LogP contribution >= 0.6 is 0 Å². The molecule has 74 valence electrons. The van der Waals surface area contributed by atoms with Crippen molar-refractivity contribution in [1.29, 1.82) is 5.26 Å². The highest BCUT2D eigenvalue weighted by atomic mass is 16.5. The predicted molar refractivity (Wildman–Crippen MR) is 51.2 cm³/mol. The number of methoxy groups -OCH3 is 1. The van der Waals surface area contributed by atoms with Gasteiger partial charge in [-0.1, -0.05) is 0 Å². The van der Waals surface area contributed by atoms with Crippen LogP contribution in [0.25, 0.3) is 5.65 Å². The molecular weight excluding hydrogens is 194 g/mol. The number of imidazole rings is 1. The normalized spacial score (nSPS) is 9.87. The standard InChI is InChI=1S/C10H7N3O2/c1-15-10(14)8-6-12-9-7(5-11)3-2-4-13(8)9/h2-4,6H,1H3. The number of hydrogen-bond donors (Lipinski definition) is 0. The van der Waals surface area contributed by atoms with Crippen LogP contribution in [0, 0.1) is 11.3 Å². The minimum absolute atomic E-state index is 0.310. The Balaban J connectivity index is 2.72. The van der Waals surface area contributed by atoms with E-state index in [1.54, 1.807) is 18.3 Å². The van der Waals surface area contributed by atoms with Crippen molar-refractivity contribution in [2.75, 3.05) is 7.11 Å². The molecule has 0 radical (unpaired) electrons. The van der Waals surface area contributed by atoms with Gasteiger partial charge in [0.05, 0.1) is 18.9 Å². The second-order valence-corrected chi connectivity index (χ2v) is 2.86. The highest BCUT2D eigenvalue weighted by Crippen LogP contribution is 2.11. The molecule has 2 aromatic rings.